The van der Waals surface area contributed by atoms with Gasteiger partial charge in [0.2, 0.25) is 0 Å². The molecule has 4 unspecified atom stereocenters. The fourth-order valence-corrected chi connectivity index (χ4v) is 185. The molecule has 0 radical (unpaired) electrons. The second-order valence-corrected chi connectivity index (χ2v) is 43.4. The fraction of sp³-hybridized carbons (Fsp3) is 1.00. The second kappa shape index (κ2) is 1.88. The summed E-state index contributed by atoms with van der Waals surface area (Å²) in [6, 6.07) is 0. The molecule has 0 N–H and O–H groups in total. The Morgan fingerprint density at radius 1 is 0.889 bits per heavy atom. The lowest BCUT2D eigenvalue weighted by Crippen LogP contribution is -1.16. The summed E-state index contributed by atoms with van der Waals surface area (Å²) in [5.74, 6) is 0. The standard InChI is InChI=1S/C2H6P7/c1-4-6-3-7-8(4)9(7)5(6)2/h1-2H3/q-1. The van der Waals surface area contributed by atoms with Crippen LogP contribution in [0.4, 0.5) is 0 Å². The third-order valence-electron chi connectivity index (χ3n) is 1.64. The third kappa shape index (κ3) is 0.643. The molecule has 0 aliphatic heterocycles. The summed E-state index contributed by atoms with van der Waals surface area (Å²) >= 11 is 0. The molecule has 0 saturated carbocycles. The van der Waals surface area contributed by atoms with Crippen LogP contribution in [0.3, 0.4) is 0 Å². The lowest BCUT2D eigenvalue weighted by atomic mass is 12.0. The molecule has 0 nitrogen and oxygen atoms in total. The van der Waals surface area contributed by atoms with Crippen LogP contribution < -0.4 is 0 Å². The van der Waals surface area contributed by atoms with Crippen molar-refractivity contribution in [3.05, 3.63) is 0 Å². The van der Waals surface area contributed by atoms with Gasteiger partial charge in [-0.1, -0.05) is 13.3 Å². The van der Waals surface area contributed by atoms with Crippen LogP contribution in [0.15, 0.2) is 0 Å². The van der Waals surface area contributed by atoms with Gasteiger partial charge in [-0.3, -0.25) is 0 Å². The monoisotopic (exact) mass is 247 g/mol. The third-order valence-corrected chi connectivity index (χ3v) is 89.8. The highest BCUT2D eigenvalue weighted by molar-refractivity contribution is 9.12. The van der Waals surface area contributed by atoms with E-state index in [1.165, 1.54) is 0 Å². The van der Waals surface area contributed by atoms with Crippen LogP contribution in [-0.2, 0) is 13.3 Å². The maximum atomic E-state index is 2.64. The molecule has 4 heterocycles. The molecule has 4 atom stereocenters. The Balaban J connectivity index is 2.87. The Morgan fingerprint density at radius 2 is 1.44 bits per heavy atom. The van der Waals surface area contributed by atoms with Crippen LogP contribution in [-0.4, -0.2) is 0 Å². The van der Waals surface area contributed by atoms with Crippen LogP contribution in [0, 0.1) is 0 Å². The quantitative estimate of drug-likeness (QED) is 0.426. The van der Waals surface area contributed by atoms with E-state index in [2.05, 4.69) is 20.9 Å². The van der Waals surface area contributed by atoms with Crippen LogP contribution in [0.5, 0.6) is 0 Å². The lowest BCUT2D eigenvalue weighted by molar-refractivity contribution is 2.18. The van der Waals surface area contributed by atoms with E-state index < -0.39 is 0 Å². The van der Waals surface area contributed by atoms with Crippen molar-refractivity contribution in [1.82, 2.24) is 0 Å². The molecule has 4 aromatic heterocycles. The Morgan fingerprint density at radius 3 is 1.56 bits per heavy atom. The number of hydrogen-bond acceptors (Lipinski definition) is 0. The average Bonchev–Trinajstić information content (AvgIpc) is 2.18. The molecule has 4 bridgehead atoms. The number of hydrogen-bond donors (Lipinski definition) is 0. The molecule has 4 rings (SSSR count). The smallest absolute Gasteiger partial charge is 0.0507 e. The highest BCUT2D eigenvalue weighted by Gasteiger charge is 2.12. The van der Waals surface area contributed by atoms with E-state index in [-0.39, 0.29) is 0 Å². The number of aryl methyl sites for hydroxylation is 2. The first kappa shape index (κ1) is 6.60. The van der Waals surface area contributed by atoms with Crippen LogP contribution in [0.1, 0.15) is 0 Å². The molecule has 0 amide bonds. The van der Waals surface area contributed by atoms with Crippen molar-refractivity contribution in [3.63, 3.8) is 0 Å². The maximum Gasteiger partial charge on any atom is -0.0507 e. The van der Waals surface area contributed by atoms with Gasteiger partial charge in [-0.25, -0.2) is 0 Å². The summed E-state index contributed by atoms with van der Waals surface area (Å²) < 4.78 is 0. The molecular formula is C2H6P7-. The Bertz CT molecular complexity index is 402. The van der Waals surface area contributed by atoms with Crippen molar-refractivity contribution in [2.75, 3.05) is 0 Å². The molecule has 0 spiro atoms. The molecule has 0 saturated heterocycles. The molecule has 7 heteroatoms. The normalized spacial score (nSPS) is 26.4. The SMILES string of the molecule is Cp1p2[p-]p3p1p3p2C. The van der Waals surface area contributed by atoms with Gasteiger partial charge in [0.25, 0.3) is 0 Å². The molecule has 0 aromatic carbocycles. The topological polar surface area (TPSA) is 0 Å². The zero-order chi connectivity index (χ0) is 6.17. The minimum atomic E-state index is 0.725. The van der Waals surface area contributed by atoms with E-state index in [0.29, 0.717) is 0 Å². The van der Waals surface area contributed by atoms with E-state index in [0.717, 1.165) is 39.3 Å². The van der Waals surface area contributed by atoms with E-state index in [1.807, 2.05) is 0 Å². The van der Waals surface area contributed by atoms with Crippen molar-refractivity contribution >= 4 is 46.8 Å². The second-order valence-electron chi connectivity index (χ2n) is 2.14. The van der Waals surface area contributed by atoms with Gasteiger partial charge in [-0.15, -0.1) is 20.3 Å². The van der Waals surface area contributed by atoms with Crippen molar-refractivity contribution in [1.29, 1.82) is 0 Å². The van der Waals surface area contributed by atoms with Crippen LogP contribution in [0.25, 0.3) is 0 Å². The minimum absolute atomic E-state index is 0.725. The van der Waals surface area contributed by atoms with E-state index in [4.69, 9.17) is 0 Å². The first-order valence-corrected chi connectivity index (χ1v) is 18.9. The van der Waals surface area contributed by atoms with E-state index in [9.17, 15) is 0 Å². The largest absolute Gasteiger partial charge is 0.171 e. The zero-order valence-corrected chi connectivity index (χ0v) is 11.4. The van der Waals surface area contributed by atoms with Gasteiger partial charge in [0.15, 0.2) is 0 Å². The highest BCUT2D eigenvalue weighted by atomic mass is 33.2. The predicted octanol–water partition coefficient (Wildman–Crippen LogP) is 6.48. The first-order valence-electron chi connectivity index (χ1n) is 2.69. The Hall–Kier alpha value is 2.10. The van der Waals surface area contributed by atoms with Crippen molar-refractivity contribution in [3.8, 4) is 0 Å². The summed E-state index contributed by atoms with van der Waals surface area (Å²) in [6.07, 6.45) is 3.27. The minimum Gasteiger partial charge on any atom is -0.171 e. The van der Waals surface area contributed by atoms with Gasteiger partial charge in [0, 0.05) is 0 Å². The van der Waals surface area contributed by atoms with Gasteiger partial charge in [0.05, 0.1) is 0 Å². The average molecular weight is 247 g/mol. The molecule has 0 aliphatic carbocycles. The van der Waals surface area contributed by atoms with Gasteiger partial charge in [-0.2, -0.15) is 26.5 Å². The summed E-state index contributed by atoms with van der Waals surface area (Å²) in [6.45, 7) is 6.72. The summed E-state index contributed by atoms with van der Waals surface area (Å²) in [7, 11) is 2.07. The molecule has 0 fully saturated rings. The molecule has 4 aromatic rings. The van der Waals surface area contributed by atoms with Crippen molar-refractivity contribution < 1.29 is 0 Å². The van der Waals surface area contributed by atoms with Gasteiger partial charge < -0.3 is 0 Å². The Labute approximate surface area is 60.4 Å². The van der Waals surface area contributed by atoms with E-state index in [1.54, 1.807) is 0 Å². The first-order chi connectivity index (χ1) is 4.30. The van der Waals surface area contributed by atoms with Crippen molar-refractivity contribution in [2.45, 2.75) is 0 Å². The predicted molar refractivity (Wildman–Crippen MR) is 59.6 cm³/mol. The molecular weight excluding hydrogens is 241 g/mol. The van der Waals surface area contributed by atoms with Gasteiger partial charge in [-0.05, 0) is 0 Å². The Kier molecular flexibility index (Phi) is 1.38. The summed E-state index contributed by atoms with van der Waals surface area (Å²) in [5.41, 5.74) is 0. The highest BCUT2D eigenvalue weighted by Crippen LogP contribution is 3.10. The van der Waals surface area contributed by atoms with Crippen LogP contribution in [0.2, 0.25) is 0 Å². The molecule has 0 aliphatic rings. The van der Waals surface area contributed by atoms with Crippen molar-refractivity contribution in [2.24, 2.45) is 13.3 Å². The summed E-state index contributed by atoms with van der Waals surface area (Å²) in [4.78, 5) is 0. The van der Waals surface area contributed by atoms with Crippen LogP contribution >= 0.6 is 46.8 Å². The summed E-state index contributed by atoms with van der Waals surface area (Å²) in [5, 5.41) is 0. The molecule has 50 valence electrons. The van der Waals surface area contributed by atoms with Gasteiger partial charge in [0.1, 0.15) is 0 Å². The fourth-order valence-electron chi connectivity index (χ4n) is 1.16. The number of rotatable bonds is 0. The molecule has 9 heavy (non-hydrogen) atoms. The van der Waals surface area contributed by atoms with Gasteiger partial charge >= 0.3 is 0 Å². The zero-order valence-electron chi connectivity index (χ0n) is 5.13. The maximum absolute atomic E-state index is 2.64. The van der Waals surface area contributed by atoms with E-state index >= 15 is 0 Å². The lowest BCUT2D eigenvalue weighted by Gasteiger charge is -1.92.